The second kappa shape index (κ2) is 6.86. The van der Waals surface area contributed by atoms with E-state index < -0.39 is 17.5 Å². The van der Waals surface area contributed by atoms with Crippen molar-refractivity contribution >= 4 is 5.78 Å². The highest BCUT2D eigenvalue weighted by Crippen LogP contribution is 2.34. The van der Waals surface area contributed by atoms with Gasteiger partial charge in [-0.1, -0.05) is 31.2 Å². The second-order valence-corrected chi connectivity index (χ2v) is 5.22. The van der Waals surface area contributed by atoms with E-state index in [0.29, 0.717) is 0 Å². The molecule has 0 atom stereocenters. The number of aryl methyl sites for hydroxylation is 1. The molecule has 0 heterocycles. The Morgan fingerprint density at radius 3 is 2.39 bits per heavy atom. The van der Waals surface area contributed by atoms with Crippen molar-refractivity contribution in [2.45, 2.75) is 33.1 Å². The predicted molar refractivity (Wildman–Crippen MR) is 81.6 cm³/mol. The molecule has 0 spiro atoms. The zero-order valence-corrected chi connectivity index (χ0v) is 12.9. The van der Waals surface area contributed by atoms with Crippen molar-refractivity contribution < 1.29 is 22.7 Å². The lowest BCUT2D eigenvalue weighted by atomic mass is 10.0. The van der Waals surface area contributed by atoms with Crippen LogP contribution in [0.25, 0.3) is 0 Å². The lowest BCUT2D eigenvalue weighted by Crippen LogP contribution is -2.12. The Kier molecular flexibility index (Phi) is 5.08. The summed E-state index contributed by atoms with van der Waals surface area (Å²) in [5.41, 5.74) is 0.699. The second-order valence-electron chi connectivity index (χ2n) is 5.22. The fourth-order valence-corrected chi connectivity index (χ4v) is 2.26. The van der Waals surface area contributed by atoms with Crippen LogP contribution in [0.2, 0.25) is 0 Å². The molecule has 0 unspecified atom stereocenters. The average molecular weight is 322 g/mol. The predicted octanol–water partition coefficient (Wildman–Crippen LogP) is 5.05. The van der Waals surface area contributed by atoms with Crippen molar-refractivity contribution in [2.75, 3.05) is 0 Å². The topological polar surface area (TPSA) is 26.3 Å². The van der Waals surface area contributed by atoms with Gasteiger partial charge < -0.3 is 4.74 Å². The number of carbonyl (C=O) groups excluding carboxylic acids is 1. The van der Waals surface area contributed by atoms with Crippen LogP contribution >= 0.6 is 0 Å². The smallest absolute Gasteiger partial charge is 0.417 e. The quantitative estimate of drug-likeness (QED) is 0.720. The van der Waals surface area contributed by atoms with Crippen LogP contribution in [0.15, 0.2) is 42.5 Å². The molecule has 0 radical (unpaired) electrons. The summed E-state index contributed by atoms with van der Waals surface area (Å²) in [5, 5.41) is 0. The van der Waals surface area contributed by atoms with Gasteiger partial charge in [-0.05, 0) is 42.7 Å². The maximum Gasteiger partial charge on any atom is 0.417 e. The summed E-state index contributed by atoms with van der Waals surface area (Å²) in [5.74, 6) is -0.538. The Labute approximate surface area is 132 Å². The molecule has 2 aromatic rings. The van der Waals surface area contributed by atoms with Gasteiger partial charge in [-0.2, -0.15) is 13.2 Å². The van der Waals surface area contributed by atoms with E-state index in [9.17, 15) is 18.0 Å². The van der Waals surface area contributed by atoms with Crippen molar-refractivity contribution in [3.8, 4) is 5.75 Å². The van der Waals surface area contributed by atoms with Crippen LogP contribution in [0.5, 0.6) is 5.75 Å². The van der Waals surface area contributed by atoms with Crippen LogP contribution in [0.4, 0.5) is 13.2 Å². The molecule has 2 nitrogen and oxygen atoms in total. The lowest BCUT2D eigenvalue weighted by Gasteiger charge is -2.14. The van der Waals surface area contributed by atoms with E-state index in [1.54, 1.807) is 0 Å². The van der Waals surface area contributed by atoms with E-state index in [4.69, 9.17) is 4.74 Å². The van der Waals surface area contributed by atoms with Gasteiger partial charge in [-0.25, -0.2) is 0 Å². The monoisotopic (exact) mass is 322 g/mol. The summed E-state index contributed by atoms with van der Waals surface area (Å²) < 4.78 is 44.6. The molecule has 0 bridgehead atoms. The lowest BCUT2D eigenvalue weighted by molar-refractivity contribution is -0.138. The molecule has 2 aromatic carbocycles. The van der Waals surface area contributed by atoms with Gasteiger partial charge in [0.25, 0.3) is 0 Å². The normalized spacial score (nSPS) is 11.3. The third kappa shape index (κ3) is 4.34. The van der Waals surface area contributed by atoms with Gasteiger partial charge in [0.2, 0.25) is 0 Å². The number of ketones is 1. The van der Waals surface area contributed by atoms with Crippen molar-refractivity contribution in [3.05, 3.63) is 64.7 Å². The fourth-order valence-electron chi connectivity index (χ4n) is 2.26. The number of Topliss-reactive ketones (excluding diaryl/α,β-unsaturated/α-hetero) is 1. The number of hydrogen-bond donors (Lipinski definition) is 0. The highest BCUT2D eigenvalue weighted by atomic mass is 19.4. The highest BCUT2D eigenvalue weighted by molar-refractivity contribution is 5.95. The minimum Gasteiger partial charge on any atom is -0.489 e. The summed E-state index contributed by atoms with van der Waals surface area (Å²) in [4.78, 5) is 11.3. The van der Waals surface area contributed by atoms with E-state index in [0.717, 1.165) is 36.6 Å². The molecule has 0 aliphatic heterocycles. The van der Waals surface area contributed by atoms with Gasteiger partial charge >= 0.3 is 6.18 Å². The molecular formula is C18H17F3O2. The number of halogens is 3. The van der Waals surface area contributed by atoms with Crippen LogP contribution in [-0.2, 0) is 19.2 Å². The number of ether oxygens (including phenoxy) is 1. The van der Waals surface area contributed by atoms with Crippen LogP contribution < -0.4 is 4.74 Å². The molecule has 122 valence electrons. The fraction of sp³-hybridized carbons (Fsp3) is 0.278. The molecule has 0 aliphatic carbocycles. The van der Waals surface area contributed by atoms with Gasteiger partial charge in [0.05, 0.1) is 5.56 Å². The maximum absolute atomic E-state index is 13.0. The molecule has 23 heavy (non-hydrogen) atoms. The van der Waals surface area contributed by atoms with Crippen LogP contribution in [0.1, 0.15) is 40.9 Å². The zero-order chi connectivity index (χ0) is 17.0. The standard InChI is InChI=1S/C18H17F3O2/c1-3-13-5-4-6-14(9-13)11-23-15-7-8-16(12(2)22)17(10-15)18(19,20)21/h4-10H,3,11H2,1-2H3. The number of alkyl halides is 3. The van der Waals surface area contributed by atoms with Crippen molar-refractivity contribution in [1.29, 1.82) is 0 Å². The molecule has 0 N–H and O–H groups in total. The molecule has 0 amide bonds. The molecular weight excluding hydrogens is 305 g/mol. The molecule has 0 fully saturated rings. The van der Waals surface area contributed by atoms with Gasteiger partial charge in [0, 0.05) is 5.56 Å². The molecule has 2 rings (SSSR count). The van der Waals surface area contributed by atoms with E-state index in [1.165, 1.54) is 6.07 Å². The van der Waals surface area contributed by atoms with Gasteiger partial charge in [-0.3, -0.25) is 4.79 Å². The zero-order valence-electron chi connectivity index (χ0n) is 12.9. The average Bonchev–Trinajstić information content (AvgIpc) is 2.52. The number of hydrogen-bond acceptors (Lipinski definition) is 2. The maximum atomic E-state index is 13.0. The Morgan fingerprint density at radius 1 is 1.09 bits per heavy atom. The number of rotatable bonds is 5. The summed E-state index contributed by atoms with van der Waals surface area (Å²) in [7, 11) is 0. The molecule has 0 saturated carbocycles. The Morgan fingerprint density at radius 2 is 1.78 bits per heavy atom. The third-order valence-corrected chi connectivity index (χ3v) is 3.48. The number of benzene rings is 2. The van der Waals surface area contributed by atoms with E-state index >= 15 is 0 Å². The first-order valence-electron chi connectivity index (χ1n) is 7.24. The minimum atomic E-state index is -4.59. The Balaban J connectivity index is 2.22. The van der Waals surface area contributed by atoms with E-state index in [-0.39, 0.29) is 17.9 Å². The van der Waals surface area contributed by atoms with Crippen molar-refractivity contribution in [2.24, 2.45) is 0 Å². The summed E-state index contributed by atoms with van der Waals surface area (Å²) in [6.07, 6.45) is -3.72. The highest BCUT2D eigenvalue weighted by Gasteiger charge is 2.34. The van der Waals surface area contributed by atoms with Crippen LogP contribution in [0.3, 0.4) is 0 Å². The summed E-state index contributed by atoms with van der Waals surface area (Å²) in [6.45, 7) is 3.31. The van der Waals surface area contributed by atoms with Gasteiger partial charge in [0.15, 0.2) is 5.78 Å². The Hall–Kier alpha value is -2.30. The first kappa shape index (κ1) is 17.1. The van der Waals surface area contributed by atoms with Crippen molar-refractivity contribution in [1.82, 2.24) is 0 Å². The first-order chi connectivity index (χ1) is 10.8. The Bertz CT molecular complexity index is 706. The van der Waals surface area contributed by atoms with Crippen LogP contribution in [0, 0.1) is 0 Å². The SMILES string of the molecule is CCc1cccc(COc2ccc(C(C)=O)c(C(F)(F)F)c2)c1. The summed E-state index contributed by atoms with van der Waals surface area (Å²) in [6, 6.07) is 11.1. The largest absolute Gasteiger partial charge is 0.489 e. The molecule has 0 aromatic heterocycles. The number of carbonyl (C=O) groups is 1. The molecule has 0 aliphatic rings. The molecule has 5 heteroatoms. The van der Waals surface area contributed by atoms with E-state index in [2.05, 4.69) is 0 Å². The van der Waals surface area contributed by atoms with Crippen molar-refractivity contribution in [3.63, 3.8) is 0 Å². The van der Waals surface area contributed by atoms with Crippen LogP contribution in [-0.4, -0.2) is 5.78 Å². The molecule has 0 saturated heterocycles. The van der Waals surface area contributed by atoms with Gasteiger partial charge in [-0.15, -0.1) is 0 Å². The summed E-state index contributed by atoms with van der Waals surface area (Å²) >= 11 is 0. The third-order valence-electron chi connectivity index (χ3n) is 3.48. The van der Waals surface area contributed by atoms with E-state index in [1.807, 2.05) is 31.2 Å². The first-order valence-corrected chi connectivity index (χ1v) is 7.24. The van der Waals surface area contributed by atoms with Gasteiger partial charge in [0.1, 0.15) is 12.4 Å². The minimum absolute atomic E-state index is 0.0872.